The zero-order chi connectivity index (χ0) is 19.6. The summed E-state index contributed by atoms with van der Waals surface area (Å²) in [7, 11) is 1.59. The fourth-order valence-electron chi connectivity index (χ4n) is 2.84. The van der Waals surface area contributed by atoms with E-state index in [-0.39, 0.29) is 4.88 Å². The number of ether oxygens (including phenoxy) is 1. The molecule has 1 atom stereocenters. The first-order chi connectivity index (χ1) is 12.9. The predicted octanol–water partition coefficient (Wildman–Crippen LogP) is 4.65. The largest absolute Gasteiger partial charge is 0.497 e. The molecule has 3 aromatic rings. The van der Waals surface area contributed by atoms with E-state index in [9.17, 15) is 14.1 Å². The maximum absolute atomic E-state index is 11.8. The molecule has 0 radical (unpaired) electrons. The van der Waals surface area contributed by atoms with E-state index in [4.69, 9.17) is 9.29 Å². The fraction of sp³-hybridized carbons (Fsp3) is 0.105. The smallest absolute Gasteiger partial charge is 0.346 e. The van der Waals surface area contributed by atoms with Crippen LogP contribution in [0.1, 0.15) is 15.2 Å². The van der Waals surface area contributed by atoms with Crippen molar-refractivity contribution in [3.63, 3.8) is 0 Å². The normalized spacial score (nSPS) is 11.8. The minimum Gasteiger partial charge on any atom is -0.497 e. The summed E-state index contributed by atoms with van der Waals surface area (Å²) in [6.07, 6.45) is 0. The number of thiophene rings is 1. The van der Waals surface area contributed by atoms with Crippen molar-refractivity contribution < 1.29 is 23.4 Å². The highest BCUT2D eigenvalue weighted by Gasteiger charge is 2.22. The lowest BCUT2D eigenvalue weighted by atomic mass is 9.98. The minimum absolute atomic E-state index is 0.254. The minimum atomic E-state index is -2.16. The molecule has 1 heterocycles. The van der Waals surface area contributed by atoms with E-state index in [1.165, 1.54) is 11.3 Å². The van der Waals surface area contributed by atoms with Crippen LogP contribution in [0.25, 0.3) is 21.6 Å². The number of anilines is 1. The second kappa shape index (κ2) is 7.91. The van der Waals surface area contributed by atoms with E-state index in [1.54, 1.807) is 31.4 Å². The van der Waals surface area contributed by atoms with E-state index >= 15 is 0 Å². The van der Waals surface area contributed by atoms with Crippen LogP contribution in [0.15, 0.2) is 48.5 Å². The summed E-state index contributed by atoms with van der Waals surface area (Å²) in [5.41, 5.74) is 3.64. The highest BCUT2D eigenvalue weighted by atomic mass is 32.2. The first-order valence-electron chi connectivity index (χ1n) is 7.89. The standard InChI is InChI=1S/C19H17NO5S2/c1-11-16(12-3-7-14(8-4-12)20-27(23)24)18(19(21)22)26-17(11)13-5-9-15(25-2)10-6-13/h3-10,20H,1-2H3,(H,21,22)(H,23,24). The topological polar surface area (TPSA) is 95.9 Å². The van der Waals surface area contributed by atoms with Crippen molar-refractivity contribution in [2.75, 3.05) is 11.8 Å². The lowest BCUT2D eigenvalue weighted by Gasteiger charge is -2.07. The van der Waals surface area contributed by atoms with Gasteiger partial charge in [-0.15, -0.1) is 11.3 Å². The van der Waals surface area contributed by atoms with Crippen LogP contribution in [-0.4, -0.2) is 26.9 Å². The van der Waals surface area contributed by atoms with E-state index in [2.05, 4.69) is 4.72 Å². The molecule has 0 aliphatic rings. The summed E-state index contributed by atoms with van der Waals surface area (Å²) in [5.74, 6) is -0.257. The molecule has 27 heavy (non-hydrogen) atoms. The summed E-state index contributed by atoms with van der Waals surface area (Å²) in [6, 6.07) is 14.2. The molecule has 6 nitrogen and oxygen atoms in total. The molecule has 0 amide bonds. The number of carboxylic acid groups (broad SMARTS) is 1. The van der Waals surface area contributed by atoms with Gasteiger partial charge in [0.1, 0.15) is 10.6 Å². The molecule has 0 aliphatic carbocycles. The molecule has 0 aliphatic heterocycles. The van der Waals surface area contributed by atoms with Crippen molar-refractivity contribution in [1.82, 2.24) is 0 Å². The van der Waals surface area contributed by atoms with E-state index in [0.717, 1.165) is 27.3 Å². The third kappa shape index (κ3) is 4.02. The Labute approximate surface area is 162 Å². The van der Waals surface area contributed by atoms with Gasteiger partial charge in [-0.2, -0.15) is 0 Å². The lowest BCUT2D eigenvalue weighted by molar-refractivity contribution is 0.0703. The molecule has 0 saturated carbocycles. The molecule has 1 unspecified atom stereocenters. The van der Waals surface area contributed by atoms with Crippen molar-refractivity contribution in [2.45, 2.75) is 6.92 Å². The number of methoxy groups -OCH3 is 1. The molecule has 2 aromatic carbocycles. The van der Waals surface area contributed by atoms with Crippen molar-refractivity contribution in [3.8, 4) is 27.3 Å². The SMILES string of the molecule is COc1ccc(-c2sc(C(=O)O)c(-c3ccc(NS(=O)O)cc3)c2C)cc1. The Bertz CT molecular complexity index is 994. The Balaban J connectivity index is 2.07. The Morgan fingerprint density at radius 1 is 1.07 bits per heavy atom. The van der Waals surface area contributed by atoms with Crippen LogP contribution in [0, 0.1) is 6.92 Å². The number of benzene rings is 2. The first-order valence-corrected chi connectivity index (χ1v) is 9.82. The zero-order valence-electron chi connectivity index (χ0n) is 14.6. The van der Waals surface area contributed by atoms with Crippen molar-refractivity contribution in [1.29, 1.82) is 0 Å². The summed E-state index contributed by atoms with van der Waals surface area (Å²) in [5, 5.41) is 9.67. The Morgan fingerprint density at radius 2 is 1.67 bits per heavy atom. The molecular formula is C19H17NO5S2. The molecule has 1 aromatic heterocycles. The fourth-order valence-corrected chi connectivity index (χ4v) is 4.35. The Kier molecular flexibility index (Phi) is 5.59. The van der Waals surface area contributed by atoms with Crippen LogP contribution in [0.5, 0.6) is 5.75 Å². The number of hydrogen-bond acceptors (Lipinski definition) is 4. The summed E-state index contributed by atoms with van der Waals surface area (Å²) < 4.78 is 27.3. The van der Waals surface area contributed by atoms with Gasteiger partial charge >= 0.3 is 5.97 Å². The van der Waals surface area contributed by atoms with E-state index in [0.29, 0.717) is 11.3 Å². The third-order valence-corrected chi connectivity index (χ3v) is 5.81. The number of hydrogen-bond donors (Lipinski definition) is 3. The monoisotopic (exact) mass is 403 g/mol. The van der Waals surface area contributed by atoms with Crippen LogP contribution >= 0.6 is 11.3 Å². The first kappa shape index (κ1) is 19.1. The second-order valence-electron chi connectivity index (χ2n) is 5.72. The van der Waals surface area contributed by atoms with Gasteiger partial charge in [-0.25, -0.2) is 9.00 Å². The van der Waals surface area contributed by atoms with Gasteiger partial charge < -0.3 is 9.84 Å². The van der Waals surface area contributed by atoms with Crippen molar-refractivity contribution >= 4 is 34.3 Å². The molecule has 3 N–H and O–H groups in total. The van der Waals surface area contributed by atoms with Gasteiger partial charge in [0.2, 0.25) is 0 Å². The predicted molar refractivity (Wildman–Crippen MR) is 108 cm³/mol. The maximum atomic E-state index is 11.8. The van der Waals surface area contributed by atoms with Gasteiger partial charge in [0.05, 0.1) is 7.11 Å². The highest BCUT2D eigenvalue weighted by molar-refractivity contribution is 7.80. The van der Waals surface area contributed by atoms with E-state index < -0.39 is 17.2 Å². The highest BCUT2D eigenvalue weighted by Crippen LogP contribution is 2.42. The number of rotatable bonds is 6. The van der Waals surface area contributed by atoms with Crippen molar-refractivity contribution in [3.05, 3.63) is 59.0 Å². The van der Waals surface area contributed by atoms with Crippen LogP contribution in [0.3, 0.4) is 0 Å². The molecule has 0 fully saturated rings. The number of aromatic carboxylic acids is 1. The molecular weight excluding hydrogens is 386 g/mol. The molecule has 0 bridgehead atoms. The second-order valence-corrected chi connectivity index (χ2v) is 7.45. The maximum Gasteiger partial charge on any atom is 0.346 e. The Morgan fingerprint density at radius 3 is 2.19 bits per heavy atom. The number of nitrogens with one attached hydrogen (secondary N) is 1. The summed E-state index contributed by atoms with van der Waals surface area (Å²) in [4.78, 5) is 12.9. The molecule has 0 spiro atoms. The number of carboxylic acids is 1. The average Bonchev–Trinajstić information content (AvgIpc) is 2.99. The number of carbonyl (C=O) groups is 1. The average molecular weight is 403 g/mol. The molecule has 140 valence electrons. The Hall–Kier alpha value is -2.68. The van der Waals surface area contributed by atoms with Gasteiger partial charge in [-0.05, 0) is 60.0 Å². The van der Waals surface area contributed by atoms with Crippen LogP contribution in [-0.2, 0) is 11.3 Å². The summed E-state index contributed by atoms with van der Waals surface area (Å²) in [6.45, 7) is 1.90. The van der Waals surface area contributed by atoms with Gasteiger partial charge in [0, 0.05) is 16.1 Å². The third-order valence-electron chi connectivity index (χ3n) is 4.07. The molecule has 8 heteroatoms. The van der Waals surface area contributed by atoms with Gasteiger partial charge in [-0.1, -0.05) is 12.1 Å². The molecule has 0 saturated heterocycles. The lowest BCUT2D eigenvalue weighted by Crippen LogP contribution is -2.01. The van der Waals surface area contributed by atoms with Crippen LogP contribution < -0.4 is 9.46 Å². The van der Waals surface area contributed by atoms with Gasteiger partial charge in [0.15, 0.2) is 0 Å². The zero-order valence-corrected chi connectivity index (χ0v) is 16.2. The van der Waals surface area contributed by atoms with E-state index in [1.807, 2.05) is 31.2 Å². The summed E-state index contributed by atoms with van der Waals surface area (Å²) >= 11 is -0.934. The van der Waals surface area contributed by atoms with Gasteiger partial charge in [-0.3, -0.25) is 9.27 Å². The van der Waals surface area contributed by atoms with Crippen LogP contribution in [0.2, 0.25) is 0 Å². The van der Waals surface area contributed by atoms with Crippen molar-refractivity contribution in [2.24, 2.45) is 0 Å². The van der Waals surface area contributed by atoms with Gasteiger partial charge in [0.25, 0.3) is 11.3 Å². The van der Waals surface area contributed by atoms with Crippen LogP contribution in [0.4, 0.5) is 5.69 Å². The quantitative estimate of drug-likeness (QED) is 0.521. The molecule has 3 rings (SSSR count).